The Labute approximate surface area is 181 Å². The number of ether oxygens (including phenoxy) is 1. The van der Waals surface area contributed by atoms with Crippen LogP contribution in [0.4, 0.5) is 10.8 Å². The number of imidazole rings is 1. The van der Waals surface area contributed by atoms with E-state index in [0.717, 1.165) is 58.2 Å². The zero-order chi connectivity index (χ0) is 20.1. The summed E-state index contributed by atoms with van der Waals surface area (Å²) in [6, 6.07) is 8.01. The van der Waals surface area contributed by atoms with E-state index in [9.17, 15) is 0 Å². The minimum atomic E-state index is 0.0786. The van der Waals surface area contributed by atoms with E-state index in [-0.39, 0.29) is 6.10 Å². The van der Waals surface area contributed by atoms with Crippen molar-refractivity contribution in [3.8, 4) is 10.6 Å². The molecule has 3 aromatic heterocycles. The van der Waals surface area contributed by atoms with Crippen LogP contribution >= 0.6 is 22.9 Å². The Bertz CT molecular complexity index is 1290. The molecule has 6 rings (SSSR count). The maximum absolute atomic E-state index is 6.55. The van der Waals surface area contributed by atoms with Gasteiger partial charge in [-0.05, 0) is 36.6 Å². The van der Waals surface area contributed by atoms with Crippen molar-refractivity contribution in [2.75, 3.05) is 11.9 Å². The number of fused-ring (bicyclic) bond motifs is 2. The maximum atomic E-state index is 6.55. The summed E-state index contributed by atoms with van der Waals surface area (Å²) in [6.07, 6.45) is 8.03. The van der Waals surface area contributed by atoms with Crippen LogP contribution in [0.1, 0.15) is 35.8 Å². The van der Waals surface area contributed by atoms with Crippen molar-refractivity contribution in [3.05, 3.63) is 58.5 Å². The average Bonchev–Trinajstić information content (AvgIpc) is 3.54. The Morgan fingerprint density at radius 1 is 1.23 bits per heavy atom. The van der Waals surface area contributed by atoms with E-state index in [1.54, 1.807) is 0 Å². The van der Waals surface area contributed by atoms with Crippen LogP contribution in [0.25, 0.3) is 16.2 Å². The summed E-state index contributed by atoms with van der Waals surface area (Å²) in [5.74, 6) is 0. The minimum absolute atomic E-state index is 0.0786. The third-order valence-corrected chi connectivity index (χ3v) is 6.69. The van der Waals surface area contributed by atoms with Crippen LogP contribution in [0.3, 0.4) is 0 Å². The Kier molecular flexibility index (Phi) is 4.29. The molecule has 7 nitrogen and oxygen atoms in total. The third kappa shape index (κ3) is 2.99. The number of halogens is 1. The highest BCUT2D eigenvalue weighted by molar-refractivity contribution is 7.18. The monoisotopic (exact) mass is 436 g/mol. The van der Waals surface area contributed by atoms with Gasteiger partial charge in [0.1, 0.15) is 11.8 Å². The summed E-state index contributed by atoms with van der Waals surface area (Å²) in [7, 11) is 0. The molecule has 0 radical (unpaired) electrons. The lowest BCUT2D eigenvalue weighted by Crippen LogP contribution is -1.95. The lowest BCUT2D eigenvalue weighted by Gasteiger charge is -2.08. The van der Waals surface area contributed by atoms with E-state index in [0.29, 0.717) is 16.7 Å². The third-order valence-electron chi connectivity index (χ3n) is 5.41. The Hall–Kier alpha value is -2.81. The van der Waals surface area contributed by atoms with Gasteiger partial charge in [-0.3, -0.25) is 4.99 Å². The Morgan fingerprint density at radius 3 is 3.10 bits per heavy atom. The molecule has 4 aromatic rings. The fourth-order valence-electron chi connectivity index (χ4n) is 3.90. The second kappa shape index (κ2) is 7.16. The van der Waals surface area contributed by atoms with Gasteiger partial charge >= 0.3 is 0 Å². The van der Waals surface area contributed by atoms with Crippen molar-refractivity contribution in [2.24, 2.45) is 4.99 Å². The van der Waals surface area contributed by atoms with Gasteiger partial charge in [-0.25, -0.2) is 4.98 Å². The van der Waals surface area contributed by atoms with Gasteiger partial charge < -0.3 is 14.5 Å². The van der Waals surface area contributed by atoms with Crippen LogP contribution in [0.2, 0.25) is 5.02 Å². The molecule has 1 aromatic carbocycles. The molecule has 0 bridgehead atoms. The van der Waals surface area contributed by atoms with Crippen molar-refractivity contribution in [3.63, 3.8) is 0 Å². The van der Waals surface area contributed by atoms with Crippen molar-refractivity contribution in [1.29, 1.82) is 0 Å². The number of benzene rings is 1. The molecule has 9 heteroatoms. The summed E-state index contributed by atoms with van der Waals surface area (Å²) in [5, 5.41) is 14.1. The second-order valence-electron chi connectivity index (χ2n) is 7.33. The largest absolute Gasteiger partial charge is 0.372 e. The molecular weight excluding hydrogens is 420 g/mol. The minimum Gasteiger partial charge on any atom is -0.372 e. The van der Waals surface area contributed by atoms with Gasteiger partial charge in [-0.15, -0.1) is 10.2 Å². The summed E-state index contributed by atoms with van der Waals surface area (Å²) >= 11 is 8.02. The Balaban J connectivity index is 1.33. The van der Waals surface area contributed by atoms with Crippen molar-refractivity contribution in [2.45, 2.75) is 25.5 Å². The fraction of sp³-hybridized carbons (Fsp3) is 0.238. The highest BCUT2D eigenvalue weighted by Crippen LogP contribution is 2.36. The summed E-state index contributed by atoms with van der Waals surface area (Å²) in [6.45, 7) is 1.48. The van der Waals surface area contributed by atoms with Crippen LogP contribution in [-0.4, -0.2) is 32.4 Å². The molecule has 150 valence electrons. The number of anilines is 2. The quantitative estimate of drug-likeness (QED) is 0.485. The number of nitrogens with one attached hydrogen (secondary N) is 1. The van der Waals surface area contributed by atoms with Crippen LogP contribution in [0.5, 0.6) is 0 Å². The van der Waals surface area contributed by atoms with E-state index >= 15 is 0 Å². The van der Waals surface area contributed by atoms with Gasteiger partial charge in [0.2, 0.25) is 5.13 Å². The summed E-state index contributed by atoms with van der Waals surface area (Å²) in [5.41, 5.74) is 5.67. The zero-order valence-electron chi connectivity index (χ0n) is 15.9. The number of aromatic nitrogens is 4. The molecule has 0 spiro atoms. The summed E-state index contributed by atoms with van der Waals surface area (Å²) in [4.78, 5) is 9.12. The number of nitrogens with zero attached hydrogens (tertiary/aromatic N) is 5. The van der Waals surface area contributed by atoms with Gasteiger partial charge in [0.25, 0.3) is 0 Å². The highest BCUT2D eigenvalue weighted by Gasteiger charge is 2.22. The fourth-order valence-corrected chi connectivity index (χ4v) is 4.96. The first-order chi connectivity index (χ1) is 14.8. The first-order valence-electron chi connectivity index (χ1n) is 9.77. The smallest absolute Gasteiger partial charge is 0.210 e. The molecule has 1 saturated heterocycles. The first kappa shape index (κ1) is 18.0. The van der Waals surface area contributed by atoms with E-state index in [2.05, 4.69) is 20.5 Å². The predicted octanol–water partition coefficient (Wildman–Crippen LogP) is 5.03. The zero-order valence-corrected chi connectivity index (χ0v) is 17.5. The van der Waals surface area contributed by atoms with Crippen LogP contribution in [0.15, 0.2) is 41.7 Å². The van der Waals surface area contributed by atoms with Crippen LogP contribution in [-0.2, 0) is 11.3 Å². The molecule has 1 N–H and O–H groups in total. The molecule has 1 atom stereocenters. The molecule has 1 unspecified atom stereocenters. The van der Waals surface area contributed by atoms with Gasteiger partial charge in [-0.1, -0.05) is 29.0 Å². The van der Waals surface area contributed by atoms with Gasteiger partial charge in [0.05, 0.1) is 28.5 Å². The SMILES string of the molecule is Clc1c(Nc2nnc(-c3cccn4cc(C5CCCO5)nc34)s2)ccc2c1C=NC2. The topological polar surface area (TPSA) is 76.7 Å². The van der Waals surface area contributed by atoms with Crippen LogP contribution in [0, 0.1) is 0 Å². The number of pyridine rings is 1. The normalized spacial score (nSPS) is 17.7. The molecule has 5 heterocycles. The molecule has 1 fully saturated rings. The number of hydrogen-bond donors (Lipinski definition) is 1. The predicted molar refractivity (Wildman–Crippen MR) is 118 cm³/mol. The van der Waals surface area contributed by atoms with Crippen molar-refractivity contribution >= 4 is 45.6 Å². The lowest BCUT2D eigenvalue weighted by molar-refractivity contribution is 0.109. The molecule has 0 saturated carbocycles. The van der Waals surface area contributed by atoms with E-state index in [1.165, 1.54) is 11.3 Å². The number of aliphatic imine (C=N–C) groups is 1. The highest BCUT2D eigenvalue weighted by atomic mass is 35.5. The van der Waals surface area contributed by atoms with Gasteiger partial charge in [0.15, 0.2) is 5.01 Å². The molecule has 2 aliphatic rings. The second-order valence-corrected chi connectivity index (χ2v) is 8.68. The molecule has 0 aliphatic carbocycles. The average molecular weight is 437 g/mol. The van der Waals surface area contributed by atoms with E-state index < -0.39 is 0 Å². The van der Waals surface area contributed by atoms with Crippen molar-refractivity contribution < 1.29 is 4.74 Å². The molecule has 30 heavy (non-hydrogen) atoms. The van der Waals surface area contributed by atoms with E-state index in [1.807, 2.05) is 47.3 Å². The summed E-state index contributed by atoms with van der Waals surface area (Å²) < 4.78 is 7.82. The number of rotatable bonds is 4. The standard InChI is InChI=1S/C21H17ClN6OS/c22-18-14-10-23-9-12(14)5-6-15(18)25-21-27-26-20(30-21)13-3-1-7-28-11-16(24-19(13)28)17-4-2-8-29-17/h1,3,5-7,10-11,17H,2,4,8-9H2,(H,25,27). The van der Waals surface area contributed by atoms with E-state index in [4.69, 9.17) is 21.3 Å². The maximum Gasteiger partial charge on any atom is 0.210 e. The lowest BCUT2D eigenvalue weighted by atomic mass is 10.1. The van der Waals surface area contributed by atoms with Gasteiger partial charge in [0, 0.05) is 30.8 Å². The number of hydrogen-bond acceptors (Lipinski definition) is 7. The molecular formula is C21H17ClN6OS. The molecule has 2 aliphatic heterocycles. The van der Waals surface area contributed by atoms with Crippen LogP contribution < -0.4 is 5.32 Å². The first-order valence-corrected chi connectivity index (χ1v) is 11.0. The van der Waals surface area contributed by atoms with Crippen molar-refractivity contribution in [1.82, 2.24) is 19.6 Å². The Morgan fingerprint density at radius 2 is 2.20 bits per heavy atom. The van der Waals surface area contributed by atoms with Gasteiger partial charge in [-0.2, -0.15) is 0 Å². The molecule has 0 amide bonds.